The second-order valence-electron chi connectivity index (χ2n) is 2.65. The highest BCUT2D eigenvalue weighted by Crippen LogP contribution is 2.07. The predicted molar refractivity (Wildman–Crippen MR) is 40.2 cm³/mol. The molecule has 5 nitrogen and oxygen atoms in total. The largest absolute Gasteiger partial charge is 0.346 e. The van der Waals surface area contributed by atoms with Crippen molar-refractivity contribution in [3.05, 3.63) is 0 Å². The van der Waals surface area contributed by atoms with Crippen LogP contribution in [0.2, 0.25) is 0 Å². The fourth-order valence-corrected chi connectivity index (χ4v) is 1.11. The molecule has 1 amide bonds. The Morgan fingerprint density at radius 3 is 2.67 bits per heavy atom. The van der Waals surface area contributed by atoms with Crippen LogP contribution in [0.15, 0.2) is 0 Å². The topological polar surface area (TPSA) is 89.3 Å². The Morgan fingerprint density at radius 1 is 1.58 bits per heavy atom. The van der Waals surface area contributed by atoms with E-state index in [4.69, 9.17) is 5.73 Å². The van der Waals surface area contributed by atoms with Crippen molar-refractivity contribution >= 4 is 17.5 Å². The van der Waals surface area contributed by atoms with Crippen LogP contribution >= 0.6 is 0 Å². The summed E-state index contributed by atoms with van der Waals surface area (Å²) < 4.78 is 0. The zero-order valence-corrected chi connectivity index (χ0v) is 6.50. The summed E-state index contributed by atoms with van der Waals surface area (Å²) in [6.45, 7) is -0.287. The van der Waals surface area contributed by atoms with Gasteiger partial charge in [0.15, 0.2) is 0 Å². The summed E-state index contributed by atoms with van der Waals surface area (Å²) in [7, 11) is 0. The molecular formula is C7H10N2O3. The van der Waals surface area contributed by atoms with Gasteiger partial charge in [0.1, 0.15) is 0 Å². The van der Waals surface area contributed by atoms with E-state index in [2.05, 4.69) is 5.32 Å². The van der Waals surface area contributed by atoms with Gasteiger partial charge in [0.05, 0.1) is 12.6 Å². The van der Waals surface area contributed by atoms with Gasteiger partial charge in [-0.1, -0.05) is 0 Å². The molecule has 3 N–H and O–H groups in total. The number of amides is 1. The van der Waals surface area contributed by atoms with E-state index in [0.29, 0.717) is 12.8 Å². The van der Waals surface area contributed by atoms with Gasteiger partial charge in [0.25, 0.3) is 0 Å². The third kappa shape index (κ3) is 1.68. The summed E-state index contributed by atoms with van der Waals surface area (Å²) in [4.78, 5) is 32.5. The smallest absolute Gasteiger partial charge is 0.221 e. The van der Waals surface area contributed by atoms with E-state index in [-0.39, 0.29) is 12.5 Å². The molecule has 0 aliphatic carbocycles. The molecule has 5 heteroatoms. The molecule has 1 aliphatic rings. The van der Waals surface area contributed by atoms with Gasteiger partial charge in [0, 0.05) is 6.42 Å². The minimum atomic E-state index is -0.631. The van der Waals surface area contributed by atoms with Crippen molar-refractivity contribution < 1.29 is 14.4 Å². The zero-order chi connectivity index (χ0) is 9.14. The van der Waals surface area contributed by atoms with E-state index in [9.17, 15) is 14.4 Å². The Kier molecular flexibility index (Phi) is 2.54. The molecule has 12 heavy (non-hydrogen) atoms. The lowest BCUT2D eigenvalue weighted by atomic mass is 10.1. The van der Waals surface area contributed by atoms with Crippen LogP contribution in [-0.4, -0.2) is 30.1 Å². The number of nitrogens with one attached hydrogen (secondary N) is 1. The van der Waals surface area contributed by atoms with Gasteiger partial charge in [-0.2, -0.15) is 0 Å². The summed E-state index contributed by atoms with van der Waals surface area (Å²) >= 11 is 0. The average Bonchev–Trinajstić information content (AvgIpc) is 2.49. The molecule has 1 atom stereocenters. The van der Waals surface area contributed by atoms with Gasteiger partial charge in [-0.15, -0.1) is 0 Å². The lowest BCUT2D eigenvalue weighted by Gasteiger charge is -2.05. The summed E-state index contributed by atoms with van der Waals surface area (Å²) in [5, 5.41) is 2.40. The maximum atomic E-state index is 11.1. The fraction of sp³-hybridized carbons (Fsp3) is 0.571. The lowest BCUT2D eigenvalue weighted by Crippen LogP contribution is -2.40. The van der Waals surface area contributed by atoms with Crippen LogP contribution in [0.4, 0.5) is 0 Å². The van der Waals surface area contributed by atoms with Gasteiger partial charge in [0.2, 0.25) is 17.5 Å². The summed E-state index contributed by atoms with van der Waals surface area (Å²) in [5.41, 5.74) is 4.99. The highest BCUT2D eigenvalue weighted by molar-refractivity contribution is 6.40. The van der Waals surface area contributed by atoms with Crippen LogP contribution < -0.4 is 11.1 Å². The first-order chi connectivity index (χ1) is 5.65. The van der Waals surface area contributed by atoms with Crippen molar-refractivity contribution in [1.29, 1.82) is 0 Å². The van der Waals surface area contributed by atoms with E-state index in [0.717, 1.165) is 0 Å². The Balaban J connectivity index is 2.54. The Labute approximate surface area is 69.3 Å². The minimum Gasteiger partial charge on any atom is -0.346 e. The Morgan fingerprint density at radius 2 is 2.25 bits per heavy atom. The van der Waals surface area contributed by atoms with Gasteiger partial charge >= 0.3 is 0 Å². The highest BCUT2D eigenvalue weighted by Gasteiger charge is 2.30. The second kappa shape index (κ2) is 3.44. The van der Waals surface area contributed by atoms with Gasteiger partial charge in [-0.05, 0) is 6.42 Å². The molecule has 1 heterocycles. The molecule has 66 valence electrons. The van der Waals surface area contributed by atoms with Crippen molar-refractivity contribution in [3.63, 3.8) is 0 Å². The average molecular weight is 170 g/mol. The molecule has 1 fully saturated rings. The monoisotopic (exact) mass is 170 g/mol. The second-order valence-corrected chi connectivity index (χ2v) is 2.65. The predicted octanol–water partition coefficient (Wildman–Crippen LogP) is -1.64. The quantitative estimate of drug-likeness (QED) is 0.497. The van der Waals surface area contributed by atoms with Crippen molar-refractivity contribution in [2.24, 2.45) is 5.73 Å². The van der Waals surface area contributed by atoms with E-state index in [1.807, 2.05) is 0 Å². The van der Waals surface area contributed by atoms with Crippen molar-refractivity contribution in [2.45, 2.75) is 18.9 Å². The number of hydrogen-bond acceptors (Lipinski definition) is 4. The van der Waals surface area contributed by atoms with Crippen LogP contribution in [0.1, 0.15) is 12.8 Å². The van der Waals surface area contributed by atoms with Crippen LogP contribution in [0.3, 0.4) is 0 Å². The Bertz CT molecular complexity index is 237. The molecule has 0 spiro atoms. The van der Waals surface area contributed by atoms with E-state index >= 15 is 0 Å². The standard InChI is InChI=1S/C7H10N2O3/c8-3-5(10)7(12)4-1-2-6(11)9-4/h4H,1-3,8H2,(H,9,11)/t4-/m0/s1. The molecule has 0 radical (unpaired) electrons. The van der Waals surface area contributed by atoms with Gasteiger partial charge in [-0.3, -0.25) is 14.4 Å². The highest BCUT2D eigenvalue weighted by atomic mass is 16.2. The van der Waals surface area contributed by atoms with Gasteiger partial charge in [-0.25, -0.2) is 0 Å². The molecule has 0 bridgehead atoms. The molecule has 0 unspecified atom stereocenters. The number of hydrogen-bond donors (Lipinski definition) is 2. The van der Waals surface area contributed by atoms with Crippen LogP contribution in [0.5, 0.6) is 0 Å². The van der Waals surface area contributed by atoms with Crippen LogP contribution in [0, 0.1) is 0 Å². The summed E-state index contributed by atoms with van der Waals surface area (Å²) in [6.07, 6.45) is 0.720. The van der Waals surface area contributed by atoms with E-state index in [1.54, 1.807) is 0 Å². The molecule has 0 saturated carbocycles. The molecule has 1 rings (SSSR count). The third-order valence-electron chi connectivity index (χ3n) is 1.77. The molecule has 1 saturated heterocycles. The first-order valence-electron chi connectivity index (χ1n) is 3.71. The van der Waals surface area contributed by atoms with Crippen LogP contribution in [-0.2, 0) is 14.4 Å². The number of rotatable bonds is 3. The van der Waals surface area contributed by atoms with E-state index < -0.39 is 17.6 Å². The van der Waals surface area contributed by atoms with Crippen molar-refractivity contribution in [1.82, 2.24) is 5.32 Å². The van der Waals surface area contributed by atoms with Crippen molar-refractivity contribution in [3.8, 4) is 0 Å². The van der Waals surface area contributed by atoms with Gasteiger partial charge < -0.3 is 11.1 Å². The fourth-order valence-electron chi connectivity index (χ4n) is 1.11. The van der Waals surface area contributed by atoms with E-state index in [1.165, 1.54) is 0 Å². The number of carbonyl (C=O) groups excluding carboxylic acids is 3. The molecule has 1 aliphatic heterocycles. The van der Waals surface area contributed by atoms with Crippen molar-refractivity contribution in [2.75, 3.05) is 6.54 Å². The lowest BCUT2D eigenvalue weighted by molar-refractivity contribution is -0.137. The number of carbonyl (C=O) groups is 3. The zero-order valence-electron chi connectivity index (χ0n) is 6.50. The maximum absolute atomic E-state index is 11.1. The summed E-state index contributed by atoms with van der Waals surface area (Å²) in [5.74, 6) is -1.39. The SMILES string of the molecule is NCC(=O)C(=O)[C@@H]1CCC(=O)N1. The number of nitrogens with two attached hydrogens (primary N) is 1. The normalized spacial score (nSPS) is 22.1. The number of ketones is 2. The third-order valence-corrected chi connectivity index (χ3v) is 1.77. The molecule has 0 aromatic heterocycles. The molecule has 0 aromatic carbocycles. The maximum Gasteiger partial charge on any atom is 0.221 e. The first kappa shape index (κ1) is 8.86. The van der Waals surface area contributed by atoms with Crippen LogP contribution in [0.25, 0.3) is 0 Å². The minimum absolute atomic E-state index is 0.182. The Hall–Kier alpha value is -1.23. The molecular weight excluding hydrogens is 160 g/mol. The summed E-state index contributed by atoms with van der Waals surface area (Å²) in [6, 6.07) is -0.631. The first-order valence-corrected chi connectivity index (χ1v) is 3.71. The number of Topliss-reactive ketones (excluding diaryl/α,β-unsaturated/α-hetero) is 2. The molecule has 0 aromatic rings.